The number of alkyl halides is 3. The molecule has 0 bridgehead atoms. The van der Waals surface area contributed by atoms with Crippen molar-refractivity contribution in [1.82, 2.24) is 9.97 Å². The number of rotatable bonds is 8. The maximum atomic E-state index is 13.9. The van der Waals surface area contributed by atoms with Crippen LogP contribution >= 0.6 is 0 Å². The summed E-state index contributed by atoms with van der Waals surface area (Å²) in [6, 6.07) is 7.33. The monoisotopic (exact) mass is 602 g/mol. The Morgan fingerprint density at radius 1 is 1.16 bits per heavy atom. The van der Waals surface area contributed by atoms with Gasteiger partial charge in [-0.3, -0.25) is 9.63 Å². The van der Waals surface area contributed by atoms with E-state index in [0.29, 0.717) is 49.1 Å². The van der Waals surface area contributed by atoms with Gasteiger partial charge in [0.2, 0.25) is 5.91 Å². The number of anilines is 5. The van der Waals surface area contributed by atoms with Crippen LogP contribution in [-0.4, -0.2) is 55.4 Å². The maximum absolute atomic E-state index is 13.9. The Morgan fingerprint density at radius 3 is 2.70 bits per heavy atom. The second kappa shape index (κ2) is 12.4. The molecule has 10 nitrogen and oxygen atoms in total. The first-order chi connectivity index (χ1) is 20.6. The number of ether oxygens (including phenoxy) is 2. The largest absolute Gasteiger partial charge is 0.494 e. The number of amides is 1. The van der Waals surface area contributed by atoms with Crippen molar-refractivity contribution in [2.45, 2.75) is 31.7 Å². The van der Waals surface area contributed by atoms with Crippen LogP contribution in [0.3, 0.4) is 0 Å². The van der Waals surface area contributed by atoms with Crippen LogP contribution in [0.5, 0.6) is 5.75 Å². The summed E-state index contributed by atoms with van der Waals surface area (Å²) < 4.78 is 65.3. The van der Waals surface area contributed by atoms with Crippen molar-refractivity contribution in [1.29, 1.82) is 0 Å². The summed E-state index contributed by atoms with van der Waals surface area (Å²) in [6.07, 6.45) is -2.04. The number of carbonyl (C=O) groups is 1. The second-order valence-corrected chi connectivity index (χ2v) is 9.98. The molecule has 2 saturated heterocycles. The summed E-state index contributed by atoms with van der Waals surface area (Å²) in [5.74, 6) is -0.679. The quantitative estimate of drug-likeness (QED) is 0.251. The third kappa shape index (κ3) is 6.65. The van der Waals surface area contributed by atoms with E-state index in [0.717, 1.165) is 17.8 Å². The number of nitrogens with zero attached hydrogens (tertiary/aromatic N) is 4. The van der Waals surface area contributed by atoms with Gasteiger partial charge in [-0.15, -0.1) is 0 Å². The Labute approximate surface area is 245 Å². The summed E-state index contributed by atoms with van der Waals surface area (Å²) in [5, 5.41) is 7.40. The van der Waals surface area contributed by atoms with Gasteiger partial charge in [0.1, 0.15) is 23.7 Å². The molecule has 43 heavy (non-hydrogen) atoms. The molecule has 2 aliphatic rings. The highest BCUT2D eigenvalue weighted by molar-refractivity contribution is 6.02. The number of hydroxylamine groups is 1. The van der Waals surface area contributed by atoms with E-state index in [1.165, 1.54) is 30.6 Å². The first kappa shape index (κ1) is 30.0. The SMILES string of the molecule is C=CC(=O)Nc1cc(Nc2cc(N3OCCC3c3ccc(F)c(C(F)(F)F)c3)ncn2)c(OC)cc1N1CCOC(C)C1. The lowest BCUT2D eigenvalue weighted by Crippen LogP contribution is -2.41. The summed E-state index contributed by atoms with van der Waals surface area (Å²) in [7, 11) is 1.51. The van der Waals surface area contributed by atoms with E-state index in [4.69, 9.17) is 14.3 Å². The Hall–Kier alpha value is -4.43. The Kier molecular flexibility index (Phi) is 8.69. The molecule has 2 N–H and O–H groups in total. The molecule has 3 heterocycles. The van der Waals surface area contributed by atoms with Crippen LogP contribution in [0, 0.1) is 5.82 Å². The molecule has 1 aromatic heterocycles. The molecule has 0 radical (unpaired) electrons. The Bertz CT molecular complexity index is 1500. The Morgan fingerprint density at radius 2 is 1.98 bits per heavy atom. The molecule has 14 heteroatoms. The molecule has 0 aliphatic carbocycles. The first-order valence-electron chi connectivity index (χ1n) is 13.5. The number of morpholine rings is 1. The molecule has 5 rings (SSSR count). The van der Waals surface area contributed by atoms with Gasteiger partial charge in [0.25, 0.3) is 0 Å². The fraction of sp³-hybridized carbons (Fsp3) is 0.345. The summed E-state index contributed by atoms with van der Waals surface area (Å²) in [5.41, 5.74) is 0.613. The highest BCUT2D eigenvalue weighted by atomic mass is 19.4. The molecule has 3 aromatic rings. The normalized spacial score (nSPS) is 18.8. The predicted octanol–water partition coefficient (Wildman–Crippen LogP) is 5.62. The van der Waals surface area contributed by atoms with E-state index in [1.807, 2.05) is 6.92 Å². The highest BCUT2D eigenvalue weighted by Crippen LogP contribution is 2.41. The molecule has 1 amide bonds. The van der Waals surface area contributed by atoms with Crippen LogP contribution < -0.4 is 25.3 Å². The van der Waals surface area contributed by atoms with Crippen molar-refractivity contribution in [3.05, 3.63) is 72.3 Å². The standard InChI is InChI=1S/C29H30F4N6O4/c1-4-28(40)37-21-12-22(25(41-3)13-24(21)38-8-10-42-17(2)15-38)36-26-14-27(35-16-34-26)39-23(7-9-43-39)18-5-6-20(30)19(11-18)29(31,32)33/h4-6,11-14,16-17,23H,1,7-10,15H2,2-3H3,(H,37,40)(H,34,35,36). The van der Waals surface area contributed by atoms with Gasteiger partial charge in [-0.05, 0) is 36.8 Å². The minimum Gasteiger partial charge on any atom is -0.494 e. The van der Waals surface area contributed by atoms with E-state index >= 15 is 0 Å². The second-order valence-electron chi connectivity index (χ2n) is 9.98. The topological polar surface area (TPSA) is 101 Å². The summed E-state index contributed by atoms with van der Waals surface area (Å²) >= 11 is 0. The maximum Gasteiger partial charge on any atom is 0.419 e. The average Bonchev–Trinajstić information content (AvgIpc) is 3.47. The zero-order valence-corrected chi connectivity index (χ0v) is 23.4. The predicted molar refractivity (Wildman–Crippen MR) is 152 cm³/mol. The number of hydrogen-bond donors (Lipinski definition) is 2. The number of aromatic nitrogens is 2. The molecular weight excluding hydrogens is 572 g/mol. The van der Waals surface area contributed by atoms with E-state index < -0.39 is 29.5 Å². The summed E-state index contributed by atoms with van der Waals surface area (Å²) in [4.78, 5) is 28.6. The van der Waals surface area contributed by atoms with Crippen LogP contribution in [0.25, 0.3) is 0 Å². The van der Waals surface area contributed by atoms with Gasteiger partial charge >= 0.3 is 6.18 Å². The van der Waals surface area contributed by atoms with E-state index in [2.05, 4.69) is 32.1 Å². The third-order valence-electron chi connectivity index (χ3n) is 7.07. The van der Waals surface area contributed by atoms with Gasteiger partial charge in [0.05, 0.1) is 55.1 Å². The van der Waals surface area contributed by atoms with Crippen molar-refractivity contribution in [2.24, 2.45) is 0 Å². The van der Waals surface area contributed by atoms with E-state index in [-0.39, 0.29) is 24.1 Å². The molecule has 228 valence electrons. The smallest absolute Gasteiger partial charge is 0.419 e. The first-order valence-corrected chi connectivity index (χ1v) is 13.5. The van der Waals surface area contributed by atoms with E-state index in [9.17, 15) is 22.4 Å². The Balaban J connectivity index is 1.45. The zero-order chi connectivity index (χ0) is 30.7. The number of benzene rings is 2. The van der Waals surface area contributed by atoms with Crippen molar-refractivity contribution in [3.8, 4) is 5.75 Å². The van der Waals surface area contributed by atoms with Gasteiger partial charge in [-0.2, -0.15) is 13.2 Å². The van der Waals surface area contributed by atoms with Crippen LogP contribution in [-0.2, 0) is 20.5 Å². The van der Waals surface area contributed by atoms with Crippen molar-refractivity contribution in [3.63, 3.8) is 0 Å². The molecule has 0 spiro atoms. The van der Waals surface area contributed by atoms with Crippen molar-refractivity contribution < 1.29 is 36.7 Å². The molecule has 2 atom stereocenters. The summed E-state index contributed by atoms with van der Waals surface area (Å²) in [6.45, 7) is 7.47. The molecule has 0 saturated carbocycles. The van der Waals surface area contributed by atoms with Crippen LogP contribution in [0.4, 0.5) is 46.3 Å². The number of nitrogens with one attached hydrogen (secondary N) is 2. The lowest BCUT2D eigenvalue weighted by molar-refractivity contribution is -0.140. The molecular formula is C29H30F4N6O4. The van der Waals surface area contributed by atoms with E-state index in [1.54, 1.807) is 18.2 Å². The van der Waals surface area contributed by atoms with Crippen molar-refractivity contribution >= 4 is 34.6 Å². The van der Waals surface area contributed by atoms with Crippen LogP contribution in [0.2, 0.25) is 0 Å². The van der Waals surface area contributed by atoms with Gasteiger partial charge < -0.3 is 25.0 Å². The minimum atomic E-state index is -4.84. The lowest BCUT2D eigenvalue weighted by Gasteiger charge is -2.34. The fourth-order valence-electron chi connectivity index (χ4n) is 5.06. The molecule has 2 aliphatic heterocycles. The lowest BCUT2D eigenvalue weighted by atomic mass is 10.0. The average molecular weight is 603 g/mol. The number of hydrogen-bond acceptors (Lipinski definition) is 9. The third-order valence-corrected chi connectivity index (χ3v) is 7.07. The highest BCUT2D eigenvalue weighted by Gasteiger charge is 2.37. The molecule has 2 fully saturated rings. The minimum absolute atomic E-state index is 0.00784. The van der Waals surface area contributed by atoms with Crippen LogP contribution in [0.15, 0.2) is 55.4 Å². The van der Waals surface area contributed by atoms with Gasteiger partial charge in [0.15, 0.2) is 5.82 Å². The zero-order valence-electron chi connectivity index (χ0n) is 23.4. The number of carbonyl (C=O) groups excluding carboxylic acids is 1. The molecule has 2 aromatic carbocycles. The van der Waals surface area contributed by atoms with Gasteiger partial charge in [-0.25, -0.2) is 19.4 Å². The van der Waals surface area contributed by atoms with Gasteiger partial charge in [0, 0.05) is 31.6 Å². The van der Waals surface area contributed by atoms with Crippen molar-refractivity contribution in [2.75, 3.05) is 54.0 Å². The van der Waals surface area contributed by atoms with Crippen LogP contribution in [0.1, 0.15) is 30.5 Å². The fourth-order valence-corrected chi connectivity index (χ4v) is 5.06. The number of halogens is 4. The van der Waals surface area contributed by atoms with Gasteiger partial charge in [-0.1, -0.05) is 12.6 Å². The molecule has 2 unspecified atom stereocenters. The number of methoxy groups -OCH3 is 1.